The van der Waals surface area contributed by atoms with Crippen LogP contribution in [0.5, 0.6) is 5.75 Å². The van der Waals surface area contributed by atoms with Crippen LogP contribution in [0.2, 0.25) is 0 Å². The number of hydrogen-bond acceptors (Lipinski definition) is 5. The van der Waals surface area contributed by atoms with E-state index >= 15 is 0 Å². The number of thiophene rings is 1. The fourth-order valence-corrected chi connectivity index (χ4v) is 4.21. The number of ether oxygens (including phenoxy) is 4. The van der Waals surface area contributed by atoms with E-state index in [1.807, 2.05) is 0 Å². The van der Waals surface area contributed by atoms with Crippen molar-refractivity contribution in [3.05, 3.63) is 29.1 Å². The van der Waals surface area contributed by atoms with Gasteiger partial charge in [0.25, 0.3) is 0 Å². The number of fused-ring (bicyclic) bond motifs is 1. The van der Waals surface area contributed by atoms with Crippen molar-refractivity contribution in [1.29, 1.82) is 0 Å². The Bertz CT molecular complexity index is 769. The van der Waals surface area contributed by atoms with E-state index in [1.54, 1.807) is 18.4 Å². The van der Waals surface area contributed by atoms with E-state index in [9.17, 15) is 0 Å². The highest BCUT2D eigenvalue weighted by molar-refractivity contribution is 7.17. The van der Waals surface area contributed by atoms with E-state index < -0.39 is 0 Å². The lowest BCUT2D eigenvalue weighted by atomic mass is 10.0. The molecule has 3 rings (SSSR count). The first-order valence-corrected chi connectivity index (χ1v) is 10.5. The SMILES string of the molecule is COc1cc2sccc2cc1[C@H]1C[C@@H](OC(C)(C)C)[C@@H](COC(C)(C)C)O1. The summed E-state index contributed by atoms with van der Waals surface area (Å²) in [5.74, 6) is 0.877. The standard InChI is InChI=1S/C22H32O4S/c1-21(2,3)24-13-19-18(26-22(4,5)6)11-17(25-19)15-10-14-8-9-27-20(14)12-16(15)23-7/h8-10,12,17-19H,11,13H2,1-7H3/t17-,18-,19-/m1/s1. The largest absolute Gasteiger partial charge is 0.496 e. The molecule has 0 N–H and O–H groups in total. The molecule has 1 saturated heterocycles. The molecule has 5 heteroatoms. The lowest BCUT2D eigenvalue weighted by molar-refractivity contribution is -0.128. The Morgan fingerprint density at radius 2 is 1.85 bits per heavy atom. The zero-order valence-corrected chi connectivity index (χ0v) is 18.3. The Morgan fingerprint density at radius 1 is 1.11 bits per heavy atom. The molecule has 1 fully saturated rings. The van der Waals surface area contributed by atoms with E-state index in [2.05, 4.69) is 65.1 Å². The van der Waals surface area contributed by atoms with Gasteiger partial charge < -0.3 is 18.9 Å². The summed E-state index contributed by atoms with van der Waals surface area (Å²) in [6.45, 7) is 13.0. The molecular formula is C22H32O4S. The summed E-state index contributed by atoms with van der Waals surface area (Å²) < 4.78 is 25.7. The highest BCUT2D eigenvalue weighted by atomic mass is 32.1. The molecule has 1 aromatic heterocycles. The van der Waals surface area contributed by atoms with Gasteiger partial charge in [-0.25, -0.2) is 0 Å². The molecule has 27 heavy (non-hydrogen) atoms. The van der Waals surface area contributed by atoms with Crippen LogP contribution in [0.15, 0.2) is 23.6 Å². The molecule has 150 valence electrons. The third-order valence-corrected chi connectivity index (χ3v) is 5.42. The van der Waals surface area contributed by atoms with Crippen LogP contribution in [-0.4, -0.2) is 37.1 Å². The Balaban J connectivity index is 1.85. The van der Waals surface area contributed by atoms with E-state index in [0.717, 1.165) is 17.7 Å². The normalized spacial score (nSPS) is 23.9. The molecule has 1 aliphatic rings. The zero-order valence-electron chi connectivity index (χ0n) is 17.5. The van der Waals surface area contributed by atoms with Gasteiger partial charge >= 0.3 is 0 Å². The molecule has 1 aliphatic heterocycles. The van der Waals surface area contributed by atoms with Gasteiger partial charge in [-0.3, -0.25) is 0 Å². The maximum Gasteiger partial charge on any atom is 0.126 e. The molecule has 4 nitrogen and oxygen atoms in total. The van der Waals surface area contributed by atoms with Gasteiger partial charge in [0.2, 0.25) is 0 Å². The van der Waals surface area contributed by atoms with Crippen LogP contribution >= 0.6 is 11.3 Å². The highest BCUT2D eigenvalue weighted by Crippen LogP contribution is 2.42. The third-order valence-electron chi connectivity index (χ3n) is 4.54. The van der Waals surface area contributed by atoms with Crippen LogP contribution in [0.4, 0.5) is 0 Å². The van der Waals surface area contributed by atoms with Crippen LogP contribution in [-0.2, 0) is 14.2 Å². The number of rotatable bonds is 5. The maximum absolute atomic E-state index is 6.44. The van der Waals surface area contributed by atoms with E-state index in [0.29, 0.717) is 6.61 Å². The Hall–Kier alpha value is -1.14. The van der Waals surface area contributed by atoms with Gasteiger partial charge in [0, 0.05) is 16.7 Å². The summed E-state index contributed by atoms with van der Waals surface area (Å²) >= 11 is 1.72. The van der Waals surface area contributed by atoms with E-state index in [1.165, 1.54) is 10.1 Å². The van der Waals surface area contributed by atoms with E-state index in [-0.39, 0.29) is 29.5 Å². The van der Waals surface area contributed by atoms with Crippen molar-refractivity contribution in [3.63, 3.8) is 0 Å². The summed E-state index contributed by atoms with van der Waals surface area (Å²) in [6, 6.07) is 6.44. The smallest absolute Gasteiger partial charge is 0.126 e. The lowest BCUT2D eigenvalue weighted by Crippen LogP contribution is -2.37. The van der Waals surface area contributed by atoms with Gasteiger partial charge in [-0.15, -0.1) is 11.3 Å². The molecule has 0 radical (unpaired) electrons. The second-order valence-corrected chi connectivity index (χ2v) is 10.1. The Morgan fingerprint density at radius 3 is 2.48 bits per heavy atom. The first kappa shape index (κ1) is 20.6. The van der Waals surface area contributed by atoms with Crippen molar-refractivity contribution in [1.82, 2.24) is 0 Å². The average molecular weight is 393 g/mol. The molecule has 0 unspecified atom stereocenters. The summed E-state index contributed by atoms with van der Waals surface area (Å²) in [4.78, 5) is 0. The van der Waals surface area contributed by atoms with Crippen molar-refractivity contribution < 1.29 is 18.9 Å². The van der Waals surface area contributed by atoms with Gasteiger partial charge in [0.15, 0.2) is 0 Å². The third kappa shape index (κ3) is 5.23. The molecule has 0 bridgehead atoms. The minimum Gasteiger partial charge on any atom is -0.496 e. The Labute approximate surface area is 166 Å². The lowest BCUT2D eigenvalue weighted by Gasteiger charge is -2.29. The topological polar surface area (TPSA) is 36.9 Å². The number of benzene rings is 1. The summed E-state index contributed by atoms with van der Waals surface area (Å²) in [6.07, 6.45) is 0.614. The summed E-state index contributed by atoms with van der Waals surface area (Å²) in [5.41, 5.74) is 0.648. The average Bonchev–Trinajstić information content (AvgIpc) is 3.15. The highest BCUT2D eigenvalue weighted by Gasteiger charge is 2.40. The zero-order chi connectivity index (χ0) is 19.8. The van der Waals surface area contributed by atoms with Crippen LogP contribution < -0.4 is 4.74 Å². The minimum atomic E-state index is -0.232. The predicted molar refractivity (Wildman–Crippen MR) is 111 cm³/mol. The van der Waals surface area contributed by atoms with Crippen molar-refractivity contribution in [2.24, 2.45) is 0 Å². The monoisotopic (exact) mass is 392 g/mol. The second-order valence-electron chi connectivity index (χ2n) is 9.14. The molecule has 0 saturated carbocycles. The van der Waals surface area contributed by atoms with Crippen LogP contribution in [0.3, 0.4) is 0 Å². The molecule has 2 heterocycles. The summed E-state index contributed by atoms with van der Waals surface area (Å²) in [5, 5.41) is 3.33. The van der Waals surface area contributed by atoms with Crippen molar-refractivity contribution in [2.75, 3.05) is 13.7 Å². The molecule has 0 spiro atoms. The number of methoxy groups -OCH3 is 1. The molecule has 2 aromatic rings. The van der Waals surface area contributed by atoms with Gasteiger partial charge in [-0.2, -0.15) is 0 Å². The minimum absolute atomic E-state index is 0.0137. The Kier molecular flexibility index (Phi) is 5.88. The fourth-order valence-electron chi connectivity index (χ4n) is 3.41. The first-order chi connectivity index (χ1) is 12.6. The predicted octanol–water partition coefficient (Wildman–Crippen LogP) is 5.74. The van der Waals surface area contributed by atoms with Gasteiger partial charge in [-0.05, 0) is 70.5 Å². The molecule has 3 atom stereocenters. The van der Waals surface area contributed by atoms with Gasteiger partial charge in [0.1, 0.15) is 11.9 Å². The van der Waals surface area contributed by atoms with Gasteiger partial charge in [-0.1, -0.05) is 0 Å². The molecule has 1 aromatic carbocycles. The first-order valence-electron chi connectivity index (χ1n) is 9.58. The van der Waals surface area contributed by atoms with Crippen molar-refractivity contribution >= 4 is 21.4 Å². The molecule has 0 aliphatic carbocycles. The molecule has 0 amide bonds. The fraction of sp³-hybridized carbons (Fsp3) is 0.636. The second kappa shape index (κ2) is 7.70. The molecular weight excluding hydrogens is 360 g/mol. The van der Waals surface area contributed by atoms with Crippen molar-refractivity contribution in [2.45, 2.75) is 77.5 Å². The quantitative estimate of drug-likeness (QED) is 0.650. The van der Waals surface area contributed by atoms with Gasteiger partial charge in [0.05, 0.1) is 37.1 Å². The van der Waals surface area contributed by atoms with Crippen LogP contribution in [0, 0.1) is 0 Å². The number of hydrogen-bond donors (Lipinski definition) is 0. The van der Waals surface area contributed by atoms with Crippen LogP contribution in [0.1, 0.15) is 59.6 Å². The van der Waals surface area contributed by atoms with Crippen molar-refractivity contribution in [3.8, 4) is 5.75 Å². The van der Waals surface area contributed by atoms with Crippen LogP contribution in [0.25, 0.3) is 10.1 Å². The van der Waals surface area contributed by atoms with E-state index in [4.69, 9.17) is 18.9 Å². The summed E-state index contributed by atoms with van der Waals surface area (Å²) in [7, 11) is 1.72. The maximum atomic E-state index is 6.44.